The van der Waals surface area contributed by atoms with Gasteiger partial charge in [0.15, 0.2) is 5.96 Å². The smallest absolute Gasteiger partial charge is 0.253 e. The highest BCUT2D eigenvalue weighted by atomic mass is 32.2. The topological polar surface area (TPSA) is 168 Å². The summed E-state index contributed by atoms with van der Waals surface area (Å²) >= 11 is 0. The van der Waals surface area contributed by atoms with Gasteiger partial charge in [0, 0.05) is 11.9 Å². The van der Waals surface area contributed by atoms with Gasteiger partial charge in [0.05, 0.1) is 4.90 Å². The van der Waals surface area contributed by atoms with Crippen molar-refractivity contribution in [2.75, 3.05) is 6.54 Å². The lowest BCUT2D eigenvalue weighted by Gasteiger charge is -2.26. The molecule has 2 aromatic rings. The van der Waals surface area contributed by atoms with Crippen molar-refractivity contribution in [2.24, 2.45) is 27.9 Å². The van der Waals surface area contributed by atoms with Crippen molar-refractivity contribution >= 4 is 32.5 Å². The SMILES string of the molecule is NC(=O)[C@@](N)(CCCN=C(N)N)S(=O)(=O)c1cccc2ccccc12. The normalized spacial score (nSPS) is 14.0. The molecule has 25 heavy (non-hydrogen) atoms. The Hall–Kier alpha value is -2.65. The monoisotopic (exact) mass is 363 g/mol. The zero-order valence-electron chi connectivity index (χ0n) is 13.6. The van der Waals surface area contributed by atoms with Crippen molar-refractivity contribution in [3.05, 3.63) is 42.5 Å². The van der Waals surface area contributed by atoms with Gasteiger partial charge in [0.2, 0.25) is 14.7 Å². The van der Waals surface area contributed by atoms with Gasteiger partial charge in [-0.2, -0.15) is 0 Å². The Labute approximate surface area is 145 Å². The lowest BCUT2D eigenvalue weighted by molar-refractivity contribution is -0.120. The minimum absolute atomic E-state index is 0.0336. The molecule has 0 spiro atoms. The van der Waals surface area contributed by atoms with Crippen molar-refractivity contribution in [3.63, 3.8) is 0 Å². The molecule has 0 aliphatic rings. The van der Waals surface area contributed by atoms with E-state index >= 15 is 0 Å². The molecule has 0 unspecified atom stereocenters. The quantitative estimate of drug-likeness (QED) is 0.302. The second-order valence-electron chi connectivity index (χ2n) is 5.64. The zero-order valence-corrected chi connectivity index (χ0v) is 14.4. The van der Waals surface area contributed by atoms with Gasteiger partial charge < -0.3 is 22.9 Å². The van der Waals surface area contributed by atoms with Gasteiger partial charge in [-0.3, -0.25) is 9.79 Å². The molecule has 0 aliphatic heterocycles. The molecule has 0 radical (unpaired) electrons. The first-order valence-electron chi connectivity index (χ1n) is 7.57. The average Bonchev–Trinajstić information content (AvgIpc) is 2.57. The summed E-state index contributed by atoms with van der Waals surface area (Å²) in [5.41, 5.74) is 21.8. The number of fused-ring (bicyclic) bond motifs is 1. The number of aliphatic imine (C=N–C) groups is 1. The van der Waals surface area contributed by atoms with Gasteiger partial charge in [-0.25, -0.2) is 8.42 Å². The number of sulfone groups is 1. The fourth-order valence-electron chi connectivity index (χ4n) is 2.57. The molecule has 1 atom stereocenters. The predicted molar refractivity (Wildman–Crippen MR) is 97.2 cm³/mol. The van der Waals surface area contributed by atoms with Crippen LogP contribution in [-0.4, -0.2) is 31.7 Å². The largest absolute Gasteiger partial charge is 0.370 e. The van der Waals surface area contributed by atoms with Crippen LogP contribution in [0.25, 0.3) is 10.8 Å². The van der Waals surface area contributed by atoms with Crippen LogP contribution in [0.4, 0.5) is 0 Å². The number of hydrogen-bond donors (Lipinski definition) is 4. The van der Waals surface area contributed by atoms with Crippen LogP contribution in [0.2, 0.25) is 0 Å². The number of benzene rings is 2. The van der Waals surface area contributed by atoms with Gasteiger partial charge in [0.1, 0.15) is 0 Å². The van der Waals surface area contributed by atoms with E-state index < -0.39 is 20.6 Å². The summed E-state index contributed by atoms with van der Waals surface area (Å²) in [6.07, 6.45) is -0.0218. The minimum atomic E-state index is -4.23. The fourth-order valence-corrected chi connectivity index (χ4v) is 4.37. The first kappa shape index (κ1) is 18.7. The number of rotatable bonds is 7. The Morgan fingerprint density at radius 2 is 1.68 bits per heavy atom. The minimum Gasteiger partial charge on any atom is -0.370 e. The Balaban J connectivity index is 2.48. The highest BCUT2D eigenvalue weighted by molar-refractivity contribution is 7.93. The van der Waals surface area contributed by atoms with Gasteiger partial charge in [-0.15, -0.1) is 0 Å². The van der Waals surface area contributed by atoms with Crippen LogP contribution >= 0.6 is 0 Å². The average molecular weight is 363 g/mol. The van der Waals surface area contributed by atoms with Crippen molar-refractivity contribution in [1.82, 2.24) is 0 Å². The molecule has 0 bridgehead atoms. The first-order valence-corrected chi connectivity index (χ1v) is 9.05. The Morgan fingerprint density at radius 1 is 1.04 bits per heavy atom. The van der Waals surface area contributed by atoms with E-state index in [1.165, 1.54) is 6.07 Å². The molecule has 0 fully saturated rings. The maximum atomic E-state index is 13.1. The lowest BCUT2D eigenvalue weighted by Crippen LogP contribution is -2.57. The van der Waals surface area contributed by atoms with Crippen LogP contribution in [-0.2, 0) is 14.6 Å². The standard InChI is InChI=1S/C16H21N5O3S/c17-14(22)16(20,9-4-10-21-15(18)19)25(23,24)13-8-3-6-11-5-1-2-7-12(11)13/h1-3,5-8H,4,9-10,20H2,(H2,17,22)(H4,18,19,21)/t16-/m1/s1. The molecule has 0 saturated carbocycles. The number of guanidine groups is 1. The van der Waals surface area contributed by atoms with Gasteiger partial charge in [-0.05, 0) is 24.3 Å². The molecule has 1 amide bonds. The Bertz CT molecular complexity index is 917. The summed E-state index contributed by atoms with van der Waals surface area (Å²) in [5.74, 6) is -1.25. The van der Waals surface area contributed by atoms with E-state index in [2.05, 4.69) is 4.99 Å². The third kappa shape index (κ3) is 3.57. The predicted octanol–water partition coefficient (Wildman–Crippen LogP) is -0.193. The molecule has 2 rings (SSSR count). The summed E-state index contributed by atoms with van der Waals surface area (Å²) in [6, 6.07) is 11.7. The van der Waals surface area contributed by atoms with E-state index in [1.807, 2.05) is 0 Å². The molecule has 9 heteroatoms. The molecule has 8 N–H and O–H groups in total. The van der Waals surface area contributed by atoms with Gasteiger partial charge in [0.25, 0.3) is 5.91 Å². The maximum Gasteiger partial charge on any atom is 0.253 e. The van der Waals surface area contributed by atoms with Crippen LogP contribution < -0.4 is 22.9 Å². The van der Waals surface area contributed by atoms with E-state index in [0.717, 1.165) is 5.39 Å². The molecule has 0 saturated heterocycles. The number of carbonyl (C=O) groups is 1. The summed E-state index contributed by atoms with van der Waals surface area (Å²) < 4.78 is 26.3. The maximum absolute atomic E-state index is 13.1. The highest BCUT2D eigenvalue weighted by Gasteiger charge is 2.46. The van der Waals surface area contributed by atoms with E-state index in [-0.39, 0.29) is 30.2 Å². The molecule has 8 nitrogen and oxygen atoms in total. The first-order chi connectivity index (χ1) is 11.7. The van der Waals surface area contributed by atoms with Crippen LogP contribution in [0.3, 0.4) is 0 Å². The van der Waals surface area contributed by atoms with Gasteiger partial charge in [-0.1, -0.05) is 36.4 Å². The summed E-state index contributed by atoms with van der Waals surface area (Å²) in [7, 11) is -4.23. The van der Waals surface area contributed by atoms with Crippen molar-refractivity contribution in [3.8, 4) is 0 Å². The lowest BCUT2D eigenvalue weighted by atomic mass is 10.1. The van der Waals surface area contributed by atoms with Crippen LogP contribution in [0, 0.1) is 0 Å². The molecule has 0 aromatic heterocycles. The third-order valence-corrected chi connectivity index (χ3v) is 6.24. The Morgan fingerprint density at radius 3 is 2.32 bits per heavy atom. The molecular weight excluding hydrogens is 342 g/mol. The van der Waals surface area contributed by atoms with E-state index in [0.29, 0.717) is 5.39 Å². The number of hydrogen-bond acceptors (Lipinski definition) is 5. The fraction of sp³-hybridized carbons (Fsp3) is 0.250. The number of primary amides is 1. The van der Waals surface area contributed by atoms with Crippen molar-refractivity contribution in [2.45, 2.75) is 22.6 Å². The summed E-state index contributed by atoms with van der Waals surface area (Å²) in [4.78, 5) is 13.4. The Kier molecular flexibility index (Phi) is 5.29. The van der Waals surface area contributed by atoms with Crippen LogP contribution in [0.5, 0.6) is 0 Å². The van der Waals surface area contributed by atoms with Crippen molar-refractivity contribution in [1.29, 1.82) is 0 Å². The van der Waals surface area contributed by atoms with Crippen LogP contribution in [0.1, 0.15) is 12.8 Å². The van der Waals surface area contributed by atoms with E-state index in [9.17, 15) is 13.2 Å². The number of nitrogens with zero attached hydrogens (tertiary/aromatic N) is 1. The summed E-state index contributed by atoms with van der Waals surface area (Å²) in [5, 5.41) is 1.20. The van der Waals surface area contributed by atoms with E-state index in [1.54, 1.807) is 36.4 Å². The number of amides is 1. The molecule has 0 heterocycles. The second-order valence-corrected chi connectivity index (χ2v) is 7.82. The van der Waals surface area contributed by atoms with Crippen molar-refractivity contribution < 1.29 is 13.2 Å². The van der Waals surface area contributed by atoms with E-state index in [4.69, 9.17) is 22.9 Å². The summed E-state index contributed by atoms with van der Waals surface area (Å²) in [6.45, 7) is 0.139. The molecule has 134 valence electrons. The van der Waals surface area contributed by atoms with Gasteiger partial charge >= 0.3 is 0 Å². The second kappa shape index (κ2) is 7.08. The zero-order chi connectivity index (χ0) is 18.7. The molecular formula is C16H21N5O3S. The third-order valence-electron chi connectivity index (χ3n) is 3.94. The highest BCUT2D eigenvalue weighted by Crippen LogP contribution is 2.31. The molecule has 0 aliphatic carbocycles. The number of nitrogens with two attached hydrogens (primary N) is 4. The van der Waals surface area contributed by atoms with Crippen LogP contribution in [0.15, 0.2) is 52.4 Å². The number of carbonyl (C=O) groups excluding carboxylic acids is 1. The molecule has 2 aromatic carbocycles.